The van der Waals surface area contributed by atoms with Crippen LogP contribution in [0.2, 0.25) is 0 Å². The molecule has 5 rings (SSSR count). The van der Waals surface area contributed by atoms with Crippen LogP contribution < -0.4 is 10.6 Å². The van der Waals surface area contributed by atoms with Crippen molar-refractivity contribution >= 4 is 51.7 Å². The fraction of sp³-hybridized carbons (Fsp3) is 0.0882. The van der Waals surface area contributed by atoms with Crippen LogP contribution in [-0.4, -0.2) is 22.9 Å². The van der Waals surface area contributed by atoms with Gasteiger partial charge in [-0.25, -0.2) is 4.79 Å². The van der Waals surface area contributed by atoms with Crippen LogP contribution in [-0.2, 0) is 4.79 Å². The third-order valence-electron chi connectivity index (χ3n) is 6.56. The monoisotopic (exact) mass is 560 g/mol. The second-order valence-electron chi connectivity index (χ2n) is 9.77. The molecule has 0 heterocycles. The summed E-state index contributed by atoms with van der Waals surface area (Å²) < 4.78 is 0. The van der Waals surface area contributed by atoms with Crippen LogP contribution >= 0.6 is 11.8 Å². The maximum absolute atomic E-state index is 13.5. The summed E-state index contributed by atoms with van der Waals surface area (Å²) in [6, 6.07) is 32.8. The Morgan fingerprint density at radius 1 is 0.683 bits per heavy atom. The van der Waals surface area contributed by atoms with Gasteiger partial charge in [0.1, 0.15) is 5.25 Å². The minimum Gasteiger partial charge on any atom is -0.478 e. The summed E-state index contributed by atoms with van der Waals surface area (Å²) in [5, 5.41) is 16.2. The summed E-state index contributed by atoms with van der Waals surface area (Å²) in [6.07, 6.45) is 0. The molecular formula is C34H28N2O4S. The molecule has 41 heavy (non-hydrogen) atoms. The lowest BCUT2D eigenvalue weighted by atomic mass is 9.98. The molecule has 0 aliphatic heterocycles. The van der Waals surface area contributed by atoms with Crippen LogP contribution in [0.4, 0.5) is 11.4 Å². The average Bonchev–Trinajstić information content (AvgIpc) is 2.95. The Morgan fingerprint density at radius 3 is 2.02 bits per heavy atom. The van der Waals surface area contributed by atoms with Gasteiger partial charge in [0, 0.05) is 27.2 Å². The van der Waals surface area contributed by atoms with Crippen molar-refractivity contribution in [3.05, 3.63) is 137 Å². The number of carbonyl (C=O) groups is 3. The van der Waals surface area contributed by atoms with Crippen molar-refractivity contribution in [2.75, 3.05) is 10.6 Å². The van der Waals surface area contributed by atoms with Crippen molar-refractivity contribution in [1.82, 2.24) is 0 Å². The summed E-state index contributed by atoms with van der Waals surface area (Å²) in [4.78, 5) is 39.5. The van der Waals surface area contributed by atoms with Gasteiger partial charge in [-0.2, -0.15) is 0 Å². The summed E-state index contributed by atoms with van der Waals surface area (Å²) >= 11 is 1.38. The fourth-order valence-corrected chi connectivity index (χ4v) is 5.93. The third kappa shape index (κ3) is 6.48. The number of aryl methyl sites for hydroxylation is 2. The molecule has 1 unspecified atom stereocenters. The highest BCUT2D eigenvalue weighted by atomic mass is 32.2. The maximum Gasteiger partial charge on any atom is 0.336 e. The van der Waals surface area contributed by atoms with Gasteiger partial charge in [0.15, 0.2) is 0 Å². The molecule has 0 radical (unpaired) electrons. The van der Waals surface area contributed by atoms with E-state index in [1.807, 2.05) is 74.5 Å². The number of thioether (sulfide) groups is 1. The number of fused-ring (bicyclic) bond motifs is 1. The number of aromatic carboxylic acids is 1. The van der Waals surface area contributed by atoms with Gasteiger partial charge < -0.3 is 15.7 Å². The highest BCUT2D eigenvalue weighted by molar-refractivity contribution is 8.00. The molecule has 6 nitrogen and oxygen atoms in total. The van der Waals surface area contributed by atoms with E-state index >= 15 is 0 Å². The first-order valence-electron chi connectivity index (χ1n) is 13.1. The number of anilines is 2. The van der Waals surface area contributed by atoms with Gasteiger partial charge in [0.25, 0.3) is 5.91 Å². The van der Waals surface area contributed by atoms with Crippen LogP contribution in [0.25, 0.3) is 10.8 Å². The lowest BCUT2D eigenvalue weighted by Gasteiger charge is -2.18. The first kappa shape index (κ1) is 27.7. The van der Waals surface area contributed by atoms with Crippen molar-refractivity contribution in [1.29, 1.82) is 0 Å². The molecule has 1 atom stereocenters. The summed E-state index contributed by atoms with van der Waals surface area (Å²) in [5.74, 6) is -1.67. The average molecular weight is 561 g/mol. The van der Waals surface area contributed by atoms with Crippen LogP contribution in [0.3, 0.4) is 0 Å². The predicted molar refractivity (Wildman–Crippen MR) is 165 cm³/mol. The quantitative estimate of drug-likeness (QED) is 0.168. The molecule has 3 N–H and O–H groups in total. The number of carboxylic acids is 1. The Hall–Kier alpha value is -4.88. The van der Waals surface area contributed by atoms with Crippen LogP contribution in [0.15, 0.2) is 114 Å². The van der Waals surface area contributed by atoms with E-state index in [-0.39, 0.29) is 17.0 Å². The first-order chi connectivity index (χ1) is 19.8. The van der Waals surface area contributed by atoms with Crippen molar-refractivity contribution in [3.63, 3.8) is 0 Å². The zero-order valence-electron chi connectivity index (χ0n) is 22.5. The number of benzene rings is 5. The molecule has 0 saturated carbocycles. The van der Waals surface area contributed by atoms with Gasteiger partial charge in [0.05, 0.1) is 5.56 Å². The second kappa shape index (κ2) is 12.1. The van der Waals surface area contributed by atoms with Crippen LogP contribution in [0.5, 0.6) is 0 Å². The van der Waals surface area contributed by atoms with E-state index in [2.05, 4.69) is 16.7 Å². The van der Waals surface area contributed by atoms with E-state index in [1.165, 1.54) is 17.8 Å². The van der Waals surface area contributed by atoms with E-state index in [4.69, 9.17) is 0 Å². The standard InChI is InChI=1S/C34H28N2O4S/c1-21-17-22(2)19-26(18-21)36-33(38)31(24-9-4-3-5-10-24)41-27-14-8-13-25(20-27)35-32(37)28-15-6-11-23-12-7-16-29(30(23)28)34(39)40/h3-20,31H,1-2H3,(H,35,37)(H,36,38)(H,39,40). The molecule has 0 spiro atoms. The van der Waals surface area contributed by atoms with Gasteiger partial charge in [-0.05, 0) is 78.4 Å². The van der Waals surface area contributed by atoms with Gasteiger partial charge >= 0.3 is 5.97 Å². The Balaban J connectivity index is 1.41. The maximum atomic E-state index is 13.5. The molecule has 0 bridgehead atoms. The van der Waals surface area contributed by atoms with Crippen molar-refractivity contribution in [2.45, 2.75) is 24.0 Å². The zero-order chi connectivity index (χ0) is 28.9. The number of nitrogens with one attached hydrogen (secondary N) is 2. The molecule has 0 fully saturated rings. The highest BCUT2D eigenvalue weighted by Crippen LogP contribution is 2.37. The molecule has 0 aliphatic rings. The van der Waals surface area contributed by atoms with Gasteiger partial charge in [-0.15, -0.1) is 11.8 Å². The van der Waals surface area contributed by atoms with E-state index in [0.29, 0.717) is 16.5 Å². The Kier molecular flexibility index (Phi) is 8.17. The number of carboxylic acid groups (broad SMARTS) is 1. The highest BCUT2D eigenvalue weighted by Gasteiger charge is 2.23. The number of amides is 2. The molecule has 0 aromatic heterocycles. The molecule has 2 amide bonds. The van der Waals surface area contributed by atoms with Gasteiger partial charge in [-0.1, -0.05) is 66.7 Å². The molecule has 7 heteroatoms. The van der Waals surface area contributed by atoms with Crippen molar-refractivity contribution in [3.8, 4) is 0 Å². The normalized spacial score (nSPS) is 11.6. The third-order valence-corrected chi connectivity index (χ3v) is 7.80. The molecule has 0 aliphatic carbocycles. The number of rotatable bonds is 8. The van der Waals surface area contributed by atoms with Crippen molar-refractivity contribution < 1.29 is 19.5 Å². The van der Waals surface area contributed by atoms with Crippen molar-refractivity contribution in [2.24, 2.45) is 0 Å². The number of hydrogen-bond acceptors (Lipinski definition) is 4. The van der Waals surface area contributed by atoms with E-state index in [0.717, 1.165) is 27.3 Å². The zero-order valence-corrected chi connectivity index (χ0v) is 23.4. The first-order valence-corrected chi connectivity index (χ1v) is 13.9. The lowest BCUT2D eigenvalue weighted by Crippen LogP contribution is -2.19. The lowest BCUT2D eigenvalue weighted by molar-refractivity contribution is -0.115. The second-order valence-corrected chi connectivity index (χ2v) is 10.9. The summed E-state index contributed by atoms with van der Waals surface area (Å²) in [5.41, 5.74) is 4.60. The number of hydrogen-bond donors (Lipinski definition) is 3. The minimum absolute atomic E-state index is 0.0677. The molecule has 5 aromatic rings. The van der Waals surface area contributed by atoms with Crippen LogP contribution in [0.1, 0.15) is 42.7 Å². The fourth-order valence-electron chi connectivity index (χ4n) is 4.85. The molecular weight excluding hydrogens is 532 g/mol. The Bertz CT molecular complexity index is 1740. The van der Waals surface area contributed by atoms with E-state index in [1.54, 1.807) is 36.4 Å². The summed E-state index contributed by atoms with van der Waals surface area (Å²) in [7, 11) is 0. The van der Waals surface area contributed by atoms with E-state index < -0.39 is 17.1 Å². The van der Waals surface area contributed by atoms with Gasteiger partial charge in [0.2, 0.25) is 5.91 Å². The largest absolute Gasteiger partial charge is 0.478 e. The Morgan fingerprint density at radius 2 is 1.34 bits per heavy atom. The topological polar surface area (TPSA) is 95.5 Å². The molecule has 5 aromatic carbocycles. The predicted octanol–water partition coefficient (Wildman–Crippen LogP) is 7.88. The van der Waals surface area contributed by atoms with E-state index in [9.17, 15) is 19.5 Å². The molecule has 0 saturated heterocycles. The smallest absolute Gasteiger partial charge is 0.336 e. The number of carbonyl (C=O) groups excluding carboxylic acids is 2. The van der Waals surface area contributed by atoms with Gasteiger partial charge in [-0.3, -0.25) is 9.59 Å². The van der Waals surface area contributed by atoms with Crippen LogP contribution in [0, 0.1) is 13.8 Å². The Labute approximate surface area is 242 Å². The minimum atomic E-state index is -1.10. The SMILES string of the molecule is Cc1cc(C)cc(NC(=O)C(Sc2cccc(NC(=O)c3cccc4cccc(C(=O)O)c34)c2)c2ccccc2)c1. The molecule has 204 valence electrons. The summed E-state index contributed by atoms with van der Waals surface area (Å²) in [6.45, 7) is 3.99.